The van der Waals surface area contributed by atoms with Crippen LogP contribution in [0.25, 0.3) is 0 Å². The second-order valence-corrected chi connectivity index (χ2v) is 6.39. The fourth-order valence-electron chi connectivity index (χ4n) is 3.15. The van der Waals surface area contributed by atoms with Crippen molar-refractivity contribution in [1.82, 2.24) is 19.4 Å². The number of aromatic nitrogens is 3. The molecule has 1 N–H and O–H groups in total. The van der Waals surface area contributed by atoms with Crippen LogP contribution in [0.5, 0.6) is 0 Å². The van der Waals surface area contributed by atoms with Crippen LogP contribution in [0.1, 0.15) is 24.4 Å². The van der Waals surface area contributed by atoms with Gasteiger partial charge < -0.3 is 9.67 Å². The number of alkyl halides is 2. The topological polar surface area (TPSA) is 54.2 Å². The Hall–Kier alpha value is -1.86. The van der Waals surface area contributed by atoms with Gasteiger partial charge in [0.05, 0.1) is 18.7 Å². The SMILES string of the molecule is OC1(Cc2ccccn2)CCN(Cc2nccn2CC(F)F)CC1. The highest BCUT2D eigenvalue weighted by atomic mass is 19.3. The molecule has 7 heteroatoms. The number of imidazole rings is 1. The maximum Gasteiger partial charge on any atom is 0.256 e. The molecule has 1 aliphatic rings. The molecule has 5 nitrogen and oxygen atoms in total. The summed E-state index contributed by atoms with van der Waals surface area (Å²) in [6.45, 7) is 1.63. The highest BCUT2D eigenvalue weighted by Crippen LogP contribution is 2.26. The van der Waals surface area contributed by atoms with E-state index in [0.717, 1.165) is 5.69 Å². The van der Waals surface area contributed by atoms with Gasteiger partial charge in [0.15, 0.2) is 0 Å². The molecule has 2 aromatic rings. The molecule has 0 atom stereocenters. The predicted octanol–water partition coefficient (Wildman–Crippen LogP) is 2.11. The average Bonchev–Trinajstić information content (AvgIpc) is 2.97. The molecule has 0 amide bonds. The van der Waals surface area contributed by atoms with Crippen LogP contribution in [-0.4, -0.2) is 49.7 Å². The van der Waals surface area contributed by atoms with Gasteiger partial charge in [0.1, 0.15) is 5.82 Å². The standard InChI is InChI=1S/C17H22F2N4O/c18-15(19)12-23-10-7-21-16(23)13-22-8-4-17(24,5-9-22)11-14-3-1-2-6-20-14/h1-3,6-7,10,15,24H,4-5,8-9,11-13H2. The molecule has 1 saturated heterocycles. The number of halogens is 2. The minimum absolute atomic E-state index is 0.327. The Morgan fingerprint density at radius 3 is 2.62 bits per heavy atom. The first-order chi connectivity index (χ1) is 11.5. The maximum absolute atomic E-state index is 12.6. The predicted molar refractivity (Wildman–Crippen MR) is 85.6 cm³/mol. The molecule has 0 spiro atoms. The van der Waals surface area contributed by atoms with Crippen LogP contribution >= 0.6 is 0 Å². The molecule has 1 aliphatic heterocycles. The summed E-state index contributed by atoms with van der Waals surface area (Å²) < 4.78 is 26.6. The highest BCUT2D eigenvalue weighted by molar-refractivity contribution is 5.08. The Bertz CT molecular complexity index is 639. The summed E-state index contributed by atoms with van der Waals surface area (Å²) in [4.78, 5) is 10.6. The van der Waals surface area contributed by atoms with Crippen LogP contribution in [0, 0.1) is 0 Å². The third-order valence-corrected chi connectivity index (χ3v) is 4.52. The molecule has 0 aromatic carbocycles. The van der Waals surface area contributed by atoms with Gasteiger partial charge in [-0.3, -0.25) is 9.88 Å². The zero-order valence-corrected chi connectivity index (χ0v) is 13.5. The third kappa shape index (κ3) is 4.36. The molecular weight excluding hydrogens is 314 g/mol. The van der Waals surface area contributed by atoms with Gasteiger partial charge >= 0.3 is 0 Å². The van der Waals surface area contributed by atoms with E-state index < -0.39 is 12.0 Å². The number of piperidine rings is 1. The van der Waals surface area contributed by atoms with Crippen LogP contribution in [0.2, 0.25) is 0 Å². The fraction of sp³-hybridized carbons (Fsp3) is 0.529. The second-order valence-electron chi connectivity index (χ2n) is 6.39. The van der Waals surface area contributed by atoms with Crippen LogP contribution in [0.15, 0.2) is 36.8 Å². The van der Waals surface area contributed by atoms with E-state index >= 15 is 0 Å². The Labute approximate surface area is 140 Å². The number of likely N-dealkylation sites (tertiary alicyclic amines) is 1. The van der Waals surface area contributed by atoms with Crippen molar-refractivity contribution in [2.45, 2.75) is 44.4 Å². The first kappa shape index (κ1) is 17.0. The van der Waals surface area contributed by atoms with Gasteiger partial charge in [-0.15, -0.1) is 0 Å². The van der Waals surface area contributed by atoms with E-state index in [0.29, 0.717) is 44.7 Å². The van der Waals surface area contributed by atoms with E-state index in [9.17, 15) is 13.9 Å². The third-order valence-electron chi connectivity index (χ3n) is 4.52. The maximum atomic E-state index is 12.6. The van der Waals surface area contributed by atoms with E-state index in [2.05, 4.69) is 14.9 Å². The molecule has 3 rings (SSSR count). The van der Waals surface area contributed by atoms with Gasteiger partial charge in [0, 0.05) is 43.8 Å². The normalized spacial score (nSPS) is 18.2. The lowest BCUT2D eigenvalue weighted by atomic mass is 9.87. The van der Waals surface area contributed by atoms with Gasteiger partial charge in [-0.05, 0) is 25.0 Å². The van der Waals surface area contributed by atoms with E-state index in [-0.39, 0.29) is 6.54 Å². The number of hydrogen-bond acceptors (Lipinski definition) is 4. The van der Waals surface area contributed by atoms with E-state index in [1.807, 2.05) is 18.2 Å². The first-order valence-electron chi connectivity index (χ1n) is 8.17. The van der Waals surface area contributed by atoms with Crippen molar-refractivity contribution in [3.8, 4) is 0 Å². The second kappa shape index (κ2) is 7.36. The summed E-state index contributed by atoms with van der Waals surface area (Å²) in [6, 6.07) is 5.70. The van der Waals surface area contributed by atoms with Crippen LogP contribution in [0.3, 0.4) is 0 Å². The molecule has 0 radical (unpaired) electrons. The summed E-state index contributed by atoms with van der Waals surface area (Å²) >= 11 is 0. The van der Waals surface area contributed by atoms with Crippen LogP contribution in [0.4, 0.5) is 8.78 Å². The molecular formula is C17H22F2N4O. The van der Waals surface area contributed by atoms with Crippen molar-refractivity contribution in [2.75, 3.05) is 13.1 Å². The summed E-state index contributed by atoms with van der Waals surface area (Å²) in [6.07, 6.45) is 4.31. The quantitative estimate of drug-likeness (QED) is 0.878. The minimum Gasteiger partial charge on any atom is -0.389 e. The van der Waals surface area contributed by atoms with Gasteiger partial charge in [0.25, 0.3) is 6.43 Å². The van der Waals surface area contributed by atoms with Crippen LogP contribution in [-0.2, 0) is 19.5 Å². The zero-order valence-electron chi connectivity index (χ0n) is 13.5. The lowest BCUT2D eigenvalue weighted by Crippen LogP contribution is -2.45. The van der Waals surface area contributed by atoms with Crippen molar-refractivity contribution < 1.29 is 13.9 Å². The van der Waals surface area contributed by atoms with Gasteiger partial charge in [0.2, 0.25) is 0 Å². The number of rotatable bonds is 6. The molecule has 130 valence electrons. The Morgan fingerprint density at radius 1 is 1.17 bits per heavy atom. The van der Waals surface area contributed by atoms with Crippen molar-refractivity contribution >= 4 is 0 Å². The molecule has 2 aromatic heterocycles. The first-order valence-corrected chi connectivity index (χ1v) is 8.17. The molecule has 24 heavy (non-hydrogen) atoms. The number of hydrogen-bond donors (Lipinski definition) is 1. The lowest BCUT2D eigenvalue weighted by molar-refractivity contribution is -0.0239. The molecule has 1 fully saturated rings. The average molecular weight is 336 g/mol. The minimum atomic E-state index is -2.39. The van der Waals surface area contributed by atoms with Crippen molar-refractivity contribution in [1.29, 1.82) is 0 Å². The summed E-state index contributed by atoms with van der Waals surface area (Å²) in [5.41, 5.74) is 0.143. The largest absolute Gasteiger partial charge is 0.389 e. The van der Waals surface area contributed by atoms with E-state index in [4.69, 9.17) is 0 Å². The van der Waals surface area contributed by atoms with Gasteiger partial charge in [-0.25, -0.2) is 13.8 Å². The molecule has 0 bridgehead atoms. The molecule has 0 unspecified atom stereocenters. The van der Waals surface area contributed by atoms with Gasteiger partial charge in [-0.2, -0.15) is 0 Å². The number of aliphatic hydroxyl groups is 1. The van der Waals surface area contributed by atoms with Crippen molar-refractivity contribution in [3.05, 3.63) is 48.3 Å². The van der Waals surface area contributed by atoms with E-state index in [1.165, 1.54) is 4.57 Å². The summed E-state index contributed by atoms with van der Waals surface area (Å²) in [7, 11) is 0. The number of nitrogens with zero attached hydrogens (tertiary/aromatic N) is 4. The highest BCUT2D eigenvalue weighted by Gasteiger charge is 2.33. The molecule has 3 heterocycles. The fourth-order valence-corrected chi connectivity index (χ4v) is 3.15. The summed E-state index contributed by atoms with van der Waals surface area (Å²) in [5, 5.41) is 10.8. The van der Waals surface area contributed by atoms with E-state index in [1.54, 1.807) is 18.6 Å². The number of pyridine rings is 1. The monoisotopic (exact) mass is 336 g/mol. The van der Waals surface area contributed by atoms with Crippen molar-refractivity contribution in [3.63, 3.8) is 0 Å². The zero-order chi connectivity index (χ0) is 17.0. The molecule has 0 saturated carbocycles. The molecule has 0 aliphatic carbocycles. The van der Waals surface area contributed by atoms with Crippen molar-refractivity contribution in [2.24, 2.45) is 0 Å². The lowest BCUT2D eigenvalue weighted by Gasteiger charge is -2.38. The Kier molecular flexibility index (Phi) is 5.20. The van der Waals surface area contributed by atoms with Crippen LogP contribution < -0.4 is 0 Å². The van der Waals surface area contributed by atoms with Gasteiger partial charge in [-0.1, -0.05) is 6.07 Å². The Morgan fingerprint density at radius 2 is 1.96 bits per heavy atom. The smallest absolute Gasteiger partial charge is 0.256 e. The summed E-state index contributed by atoms with van der Waals surface area (Å²) in [5.74, 6) is 0.644. The Balaban J connectivity index is 1.54.